The quantitative estimate of drug-likeness (QED) is 0.238. The van der Waals surface area contributed by atoms with Crippen molar-refractivity contribution in [2.75, 3.05) is 37.4 Å². The summed E-state index contributed by atoms with van der Waals surface area (Å²) in [4.78, 5) is 13.3. The summed E-state index contributed by atoms with van der Waals surface area (Å²) in [5.41, 5.74) is 1.47. The predicted molar refractivity (Wildman–Crippen MR) is 152 cm³/mol. The van der Waals surface area contributed by atoms with Crippen LogP contribution in [0.2, 0.25) is 0 Å². The number of fused-ring (bicyclic) bond motifs is 1. The first-order chi connectivity index (χ1) is 19.3. The highest BCUT2D eigenvalue weighted by atomic mass is 19.4. The van der Waals surface area contributed by atoms with Crippen molar-refractivity contribution in [3.63, 3.8) is 0 Å². The first-order valence-corrected chi connectivity index (χ1v) is 13.3. The van der Waals surface area contributed by atoms with Gasteiger partial charge < -0.3 is 25.0 Å². The Labute approximate surface area is 236 Å². The molecule has 7 nitrogen and oxygen atoms in total. The summed E-state index contributed by atoms with van der Waals surface area (Å²) in [6.07, 6.45) is -5.05. The summed E-state index contributed by atoms with van der Waals surface area (Å²) in [5, 5.41) is 15.9. The number of nitrogens with zero attached hydrogens (tertiary/aromatic N) is 2. The van der Waals surface area contributed by atoms with Gasteiger partial charge in [0.05, 0.1) is 42.2 Å². The number of nitrogens with one attached hydrogen (secondary N) is 2. The summed E-state index contributed by atoms with van der Waals surface area (Å²) < 4.78 is 62.2. The number of halogens is 4. The first kappa shape index (κ1) is 30.1. The largest absolute Gasteiger partial charge is 0.495 e. The SMILES string of the molecule is COc1cc(C(=O)O)ccc1NCC#Cc1cc2c(N[C@H]3CCN(C(C)(C)C)C[C@H]3F)cccc2n1CC(F)(F)F. The molecule has 0 spiro atoms. The zero-order chi connectivity index (χ0) is 29.9. The summed E-state index contributed by atoms with van der Waals surface area (Å²) in [5.74, 6) is 4.88. The minimum atomic E-state index is -4.48. The van der Waals surface area contributed by atoms with E-state index in [2.05, 4.69) is 27.4 Å². The Balaban J connectivity index is 1.58. The predicted octanol–water partition coefficient (Wildman–Crippen LogP) is 6.00. The molecule has 220 valence electrons. The third-order valence-corrected chi connectivity index (χ3v) is 7.15. The fraction of sp³-hybridized carbons (Fsp3) is 0.433. The lowest BCUT2D eigenvalue weighted by molar-refractivity contribution is -0.140. The molecule has 0 unspecified atom stereocenters. The van der Waals surface area contributed by atoms with Crippen LogP contribution in [-0.2, 0) is 6.54 Å². The van der Waals surface area contributed by atoms with Gasteiger partial charge in [0.2, 0.25) is 0 Å². The number of carboxylic acids is 1. The molecule has 2 aromatic carbocycles. The van der Waals surface area contributed by atoms with Crippen LogP contribution in [0.5, 0.6) is 5.75 Å². The van der Waals surface area contributed by atoms with Gasteiger partial charge in [0, 0.05) is 29.7 Å². The second-order valence-corrected chi connectivity index (χ2v) is 11.0. The van der Waals surface area contributed by atoms with E-state index in [0.717, 1.165) is 4.57 Å². The molecule has 41 heavy (non-hydrogen) atoms. The summed E-state index contributed by atoms with van der Waals surface area (Å²) in [7, 11) is 1.40. The van der Waals surface area contributed by atoms with E-state index in [1.165, 1.54) is 25.3 Å². The van der Waals surface area contributed by atoms with Crippen LogP contribution in [0.25, 0.3) is 10.9 Å². The van der Waals surface area contributed by atoms with Gasteiger partial charge in [-0.25, -0.2) is 9.18 Å². The van der Waals surface area contributed by atoms with Crippen LogP contribution in [0.4, 0.5) is 28.9 Å². The number of methoxy groups -OCH3 is 1. The molecule has 0 amide bonds. The number of piperidine rings is 1. The molecule has 2 atom stereocenters. The van der Waals surface area contributed by atoms with Gasteiger partial charge in [0.1, 0.15) is 18.5 Å². The maximum Gasteiger partial charge on any atom is 0.406 e. The Morgan fingerprint density at radius 3 is 2.54 bits per heavy atom. The van der Waals surface area contributed by atoms with Crippen molar-refractivity contribution >= 4 is 28.2 Å². The molecule has 1 aliphatic heterocycles. The number of hydrogen-bond acceptors (Lipinski definition) is 5. The number of likely N-dealkylation sites (tertiary alicyclic amines) is 1. The van der Waals surface area contributed by atoms with Gasteiger partial charge in [-0.3, -0.25) is 4.90 Å². The van der Waals surface area contributed by atoms with Crippen molar-refractivity contribution in [1.82, 2.24) is 9.47 Å². The second kappa shape index (κ2) is 11.9. The number of rotatable bonds is 7. The van der Waals surface area contributed by atoms with Gasteiger partial charge >= 0.3 is 12.1 Å². The molecule has 3 N–H and O–H groups in total. The molecule has 1 fully saturated rings. The van der Waals surface area contributed by atoms with Crippen LogP contribution in [0.1, 0.15) is 43.2 Å². The Hall–Kier alpha value is -3.91. The van der Waals surface area contributed by atoms with Crippen molar-refractivity contribution < 1.29 is 32.2 Å². The third kappa shape index (κ3) is 7.24. The number of carboxylic acid groups (broad SMARTS) is 1. The molecule has 3 aromatic rings. The smallest absolute Gasteiger partial charge is 0.406 e. The highest BCUT2D eigenvalue weighted by Crippen LogP contribution is 2.32. The van der Waals surface area contributed by atoms with Gasteiger partial charge in [-0.05, 0) is 69.5 Å². The minimum Gasteiger partial charge on any atom is -0.495 e. The number of aromatic carboxylic acids is 1. The van der Waals surface area contributed by atoms with E-state index in [4.69, 9.17) is 9.84 Å². The zero-order valence-corrected chi connectivity index (χ0v) is 23.4. The van der Waals surface area contributed by atoms with Gasteiger partial charge in [0.25, 0.3) is 0 Å². The monoisotopic (exact) mass is 574 g/mol. The van der Waals surface area contributed by atoms with E-state index in [1.807, 2.05) is 20.8 Å². The highest BCUT2D eigenvalue weighted by molar-refractivity contribution is 5.94. The Bertz CT molecular complexity index is 1470. The molecule has 0 radical (unpaired) electrons. The van der Waals surface area contributed by atoms with Crippen molar-refractivity contribution in [2.45, 2.75) is 57.7 Å². The normalized spacial score (nSPS) is 18.0. The van der Waals surface area contributed by atoms with Crippen LogP contribution in [0.3, 0.4) is 0 Å². The number of anilines is 2. The number of carbonyl (C=O) groups is 1. The molecule has 0 bridgehead atoms. The summed E-state index contributed by atoms with van der Waals surface area (Å²) in [6.45, 7) is 5.96. The van der Waals surface area contributed by atoms with Crippen molar-refractivity contribution in [3.8, 4) is 17.6 Å². The van der Waals surface area contributed by atoms with Crippen LogP contribution in [0, 0.1) is 11.8 Å². The minimum absolute atomic E-state index is 0.0541. The molecular formula is C30H34F4N4O3. The van der Waals surface area contributed by atoms with Crippen LogP contribution >= 0.6 is 0 Å². The van der Waals surface area contributed by atoms with Crippen molar-refractivity contribution in [3.05, 3.63) is 53.7 Å². The topological polar surface area (TPSA) is 78.8 Å². The van der Waals surface area contributed by atoms with Gasteiger partial charge in [-0.2, -0.15) is 13.2 Å². The summed E-state index contributed by atoms with van der Waals surface area (Å²) in [6, 6.07) is 10.4. The molecule has 0 saturated carbocycles. The summed E-state index contributed by atoms with van der Waals surface area (Å²) >= 11 is 0. The Morgan fingerprint density at radius 2 is 1.90 bits per heavy atom. The fourth-order valence-electron chi connectivity index (χ4n) is 4.98. The molecule has 1 aromatic heterocycles. The number of ether oxygens (including phenoxy) is 1. The maximum absolute atomic E-state index is 15.2. The van der Waals surface area contributed by atoms with E-state index in [-0.39, 0.29) is 29.9 Å². The highest BCUT2D eigenvalue weighted by Gasteiger charge is 2.34. The number of aromatic nitrogens is 1. The Kier molecular flexibility index (Phi) is 8.73. The standard InChI is InChI=1S/C30H34F4N4O3/c1-29(2,3)37-14-12-24(22(31)17-37)36-23-8-5-9-26-21(23)16-20(38(26)18-30(32,33)34)7-6-13-35-25-11-10-19(28(39)40)15-27(25)41-4/h5,8-11,15-16,22,24,35-36H,12-14,17-18H2,1-4H3,(H,39,40)/t22-,24+/m1/s1. The molecule has 0 aliphatic carbocycles. The van der Waals surface area contributed by atoms with Gasteiger partial charge in [0.15, 0.2) is 0 Å². The van der Waals surface area contributed by atoms with Gasteiger partial charge in [-0.15, -0.1) is 0 Å². The van der Waals surface area contributed by atoms with E-state index in [9.17, 15) is 18.0 Å². The third-order valence-electron chi connectivity index (χ3n) is 7.15. The molecule has 2 heterocycles. The van der Waals surface area contributed by atoms with Crippen LogP contribution < -0.4 is 15.4 Å². The lowest BCUT2D eigenvalue weighted by atomic mass is 9.96. The van der Waals surface area contributed by atoms with Crippen LogP contribution in [0.15, 0.2) is 42.5 Å². The van der Waals surface area contributed by atoms with Gasteiger partial charge in [-0.1, -0.05) is 12.0 Å². The number of hydrogen-bond donors (Lipinski definition) is 3. The van der Waals surface area contributed by atoms with Crippen molar-refractivity contribution in [2.24, 2.45) is 0 Å². The average Bonchev–Trinajstić information content (AvgIpc) is 3.23. The molecule has 1 aliphatic rings. The lowest BCUT2D eigenvalue weighted by Crippen LogP contribution is -2.54. The number of benzene rings is 2. The second-order valence-electron chi connectivity index (χ2n) is 11.0. The Morgan fingerprint density at radius 1 is 1.15 bits per heavy atom. The lowest BCUT2D eigenvalue weighted by Gasteiger charge is -2.42. The molecular weight excluding hydrogens is 540 g/mol. The first-order valence-electron chi connectivity index (χ1n) is 13.3. The van der Waals surface area contributed by atoms with E-state index in [1.54, 1.807) is 24.3 Å². The van der Waals surface area contributed by atoms with E-state index in [0.29, 0.717) is 41.0 Å². The fourth-order valence-corrected chi connectivity index (χ4v) is 4.98. The molecule has 1 saturated heterocycles. The maximum atomic E-state index is 15.2. The molecule has 11 heteroatoms. The van der Waals surface area contributed by atoms with Crippen molar-refractivity contribution in [1.29, 1.82) is 0 Å². The average molecular weight is 575 g/mol. The van der Waals surface area contributed by atoms with E-state index >= 15 is 4.39 Å². The zero-order valence-electron chi connectivity index (χ0n) is 23.4. The van der Waals surface area contributed by atoms with Crippen LogP contribution in [-0.4, -0.2) is 71.2 Å². The van der Waals surface area contributed by atoms with E-state index < -0.39 is 30.9 Å². The number of alkyl halides is 4. The molecule has 4 rings (SSSR count).